The van der Waals surface area contributed by atoms with Crippen molar-refractivity contribution < 1.29 is 14.3 Å². The summed E-state index contributed by atoms with van der Waals surface area (Å²) in [6.07, 6.45) is 4.37. The third-order valence-corrected chi connectivity index (χ3v) is 6.39. The highest BCUT2D eigenvalue weighted by Gasteiger charge is 2.22. The van der Waals surface area contributed by atoms with Gasteiger partial charge in [-0.3, -0.25) is 4.79 Å². The first kappa shape index (κ1) is 20.7. The van der Waals surface area contributed by atoms with Crippen molar-refractivity contribution in [3.05, 3.63) is 71.4 Å². The number of aryl methyl sites for hydroxylation is 1. The van der Waals surface area contributed by atoms with E-state index in [1.807, 2.05) is 60.8 Å². The Morgan fingerprint density at radius 2 is 2.09 bits per heavy atom. The molecule has 3 heterocycles. The standard InChI is InChI=1S/C24H24N4O3S/c29-22(25-24-27-26-23(32-24)21-7-4-14-30-21)11-13-28-12-10-18-15-19(8-9-20(18)28)31-16-17-5-2-1-3-6-17/h1-3,5-6,8-10,12,15,21H,4,7,11,13-14,16H2,(H,25,27,29)/t21-/m1/s1. The molecule has 1 atom stereocenters. The van der Waals surface area contributed by atoms with Crippen LogP contribution in [0, 0.1) is 0 Å². The number of fused-ring (bicyclic) bond motifs is 1. The number of nitrogens with zero attached hydrogens (tertiary/aromatic N) is 3. The monoisotopic (exact) mass is 448 g/mol. The van der Waals surface area contributed by atoms with Gasteiger partial charge in [0.2, 0.25) is 11.0 Å². The lowest BCUT2D eigenvalue weighted by Gasteiger charge is -2.08. The van der Waals surface area contributed by atoms with E-state index in [2.05, 4.69) is 20.1 Å². The van der Waals surface area contributed by atoms with E-state index in [1.54, 1.807) is 0 Å². The molecule has 8 heteroatoms. The van der Waals surface area contributed by atoms with Crippen LogP contribution in [-0.2, 0) is 22.7 Å². The van der Waals surface area contributed by atoms with Gasteiger partial charge < -0.3 is 19.4 Å². The Hall–Kier alpha value is -3.23. The van der Waals surface area contributed by atoms with Crippen LogP contribution < -0.4 is 10.1 Å². The van der Waals surface area contributed by atoms with Crippen LogP contribution in [0.15, 0.2) is 60.8 Å². The van der Waals surface area contributed by atoms with Gasteiger partial charge in [0.25, 0.3) is 0 Å². The Morgan fingerprint density at radius 3 is 2.94 bits per heavy atom. The minimum atomic E-state index is -0.0790. The first-order chi connectivity index (χ1) is 15.7. The molecule has 0 aliphatic carbocycles. The molecule has 32 heavy (non-hydrogen) atoms. The topological polar surface area (TPSA) is 78.3 Å². The molecule has 0 bridgehead atoms. The van der Waals surface area contributed by atoms with Gasteiger partial charge in [0.05, 0.1) is 0 Å². The minimum absolute atomic E-state index is 0.0194. The fourth-order valence-corrected chi connectivity index (χ4v) is 4.64. The van der Waals surface area contributed by atoms with Gasteiger partial charge in [0.15, 0.2) is 0 Å². The first-order valence-corrected chi connectivity index (χ1v) is 11.6. The number of hydrogen-bond acceptors (Lipinski definition) is 6. The van der Waals surface area contributed by atoms with E-state index in [0.29, 0.717) is 24.7 Å². The van der Waals surface area contributed by atoms with E-state index in [1.165, 1.54) is 11.3 Å². The highest BCUT2D eigenvalue weighted by Crippen LogP contribution is 2.32. The molecule has 2 aromatic carbocycles. The lowest BCUT2D eigenvalue weighted by molar-refractivity contribution is -0.116. The van der Waals surface area contributed by atoms with Crippen LogP contribution >= 0.6 is 11.3 Å². The number of amides is 1. The van der Waals surface area contributed by atoms with Gasteiger partial charge >= 0.3 is 0 Å². The Bertz CT molecular complexity index is 1200. The van der Waals surface area contributed by atoms with E-state index in [-0.39, 0.29) is 12.0 Å². The van der Waals surface area contributed by atoms with Crippen molar-refractivity contribution in [3.63, 3.8) is 0 Å². The predicted octanol–water partition coefficient (Wildman–Crippen LogP) is 4.95. The largest absolute Gasteiger partial charge is 0.489 e. The van der Waals surface area contributed by atoms with Gasteiger partial charge in [0.1, 0.15) is 23.5 Å². The highest BCUT2D eigenvalue weighted by molar-refractivity contribution is 7.15. The van der Waals surface area contributed by atoms with Crippen LogP contribution in [0.25, 0.3) is 10.9 Å². The van der Waals surface area contributed by atoms with E-state index in [9.17, 15) is 4.79 Å². The molecule has 1 aliphatic heterocycles. The van der Waals surface area contributed by atoms with Crippen molar-refractivity contribution in [1.82, 2.24) is 14.8 Å². The van der Waals surface area contributed by atoms with E-state index in [4.69, 9.17) is 9.47 Å². The van der Waals surface area contributed by atoms with Gasteiger partial charge in [-0.1, -0.05) is 41.7 Å². The molecular formula is C24H24N4O3S. The second-order valence-corrected chi connectivity index (χ2v) is 8.76. The molecule has 164 valence electrons. The number of benzene rings is 2. The van der Waals surface area contributed by atoms with Crippen LogP contribution in [0.4, 0.5) is 5.13 Å². The number of carbonyl (C=O) groups excluding carboxylic acids is 1. The molecule has 4 aromatic rings. The maximum atomic E-state index is 12.4. The summed E-state index contributed by atoms with van der Waals surface area (Å²) in [7, 11) is 0. The molecular weight excluding hydrogens is 424 g/mol. The number of aromatic nitrogens is 3. The zero-order valence-electron chi connectivity index (χ0n) is 17.6. The molecule has 0 spiro atoms. The number of hydrogen-bond donors (Lipinski definition) is 1. The van der Waals surface area contributed by atoms with E-state index < -0.39 is 0 Å². The Morgan fingerprint density at radius 1 is 1.19 bits per heavy atom. The average Bonchev–Trinajstić information content (AvgIpc) is 3.57. The minimum Gasteiger partial charge on any atom is -0.489 e. The SMILES string of the molecule is O=C(CCn1ccc2cc(OCc3ccccc3)ccc21)Nc1nnc([C@H]2CCCO2)s1. The third-order valence-electron chi connectivity index (χ3n) is 5.46. The lowest BCUT2D eigenvalue weighted by Crippen LogP contribution is -2.14. The van der Waals surface area contributed by atoms with Crippen LogP contribution in [0.1, 0.15) is 35.9 Å². The lowest BCUT2D eigenvalue weighted by atomic mass is 10.2. The van der Waals surface area contributed by atoms with Crippen molar-refractivity contribution in [1.29, 1.82) is 0 Å². The molecule has 2 aromatic heterocycles. The van der Waals surface area contributed by atoms with Crippen molar-refractivity contribution in [3.8, 4) is 5.75 Å². The van der Waals surface area contributed by atoms with Crippen molar-refractivity contribution in [2.75, 3.05) is 11.9 Å². The molecule has 7 nitrogen and oxygen atoms in total. The maximum Gasteiger partial charge on any atom is 0.227 e. The second kappa shape index (κ2) is 9.50. The quantitative estimate of drug-likeness (QED) is 0.413. The van der Waals surface area contributed by atoms with Gasteiger partial charge in [-0.15, -0.1) is 10.2 Å². The van der Waals surface area contributed by atoms with Gasteiger partial charge in [0, 0.05) is 36.7 Å². The second-order valence-electron chi connectivity index (χ2n) is 7.75. The highest BCUT2D eigenvalue weighted by atomic mass is 32.1. The average molecular weight is 449 g/mol. The molecule has 0 radical (unpaired) electrons. The number of rotatable bonds is 8. The maximum absolute atomic E-state index is 12.4. The summed E-state index contributed by atoms with van der Waals surface area (Å²) in [6, 6.07) is 18.2. The van der Waals surface area contributed by atoms with E-state index in [0.717, 1.165) is 46.7 Å². The molecule has 0 unspecified atom stereocenters. The van der Waals surface area contributed by atoms with Crippen LogP contribution in [0.5, 0.6) is 5.75 Å². The summed E-state index contributed by atoms with van der Waals surface area (Å²) in [5.41, 5.74) is 2.20. The summed E-state index contributed by atoms with van der Waals surface area (Å²) in [5, 5.41) is 13.5. The van der Waals surface area contributed by atoms with E-state index >= 15 is 0 Å². The number of anilines is 1. The van der Waals surface area contributed by atoms with Crippen LogP contribution in [0.2, 0.25) is 0 Å². The smallest absolute Gasteiger partial charge is 0.227 e. The number of carbonyl (C=O) groups is 1. The zero-order valence-corrected chi connectivity index (χ0v) is 18.4. The summed E-state index contributed by atoms with van der Waals surface area (Å²) >= 11 is 1.39. The number of nitrogens with one attached hydrogen (secondary N) is 1. The van der Waals surface area contributed by atoms with Crippen LogP contribution in [0.3, 0.4) is 0 Å². The van der Waals surface area contributed by atoms with Crippen molar-refractivity contribution in [2.24, 2.45) is 0 Å². The van der Waals surface area contributed by atoms with Crippen molar-refractivity contribution in [2.45, 2.75) is 38.5 Å². The molecule has 1 fully saturated rings. The fourth-order valence-electron chi connectivity index (χ4n) is 3.80. The van der Waals surface area contributed by atoms with Gasteiger partial charge in [-0.05, 0) is 42.7 Å². The van der Waals surface area contributed by atoms with Gasteiger partial charge in [-0.2, -0.15) is 0 Å². The van der Waals surface area contributed by atoms with Crippen LogP contribution in [-0.4, -0.2) is 27.3 Å². The Balaban J connectivity index is 1.16. The molecule has 1 amide bonds. The Labute approximate surface area is 190 Å². The summed E-state index contributed by atoms with van der Waals surface area (Å²) in [5.74, 6) is 0.750. The zero-order chi connectivity index (χ0) is 21.8. The summed E-state index contributed by atoms with van der Waals surface area (Å²) < 4.78 is 13.6. The molecule has 0 saturated carbocycles. The first-order valence-electron chi connectivity index (χ1n) is 10.7. The normalized spacial score (nSPS) is 15.8. The summed E-state index contributed by atoms with van der Waals surface area (Å²) in [6.45, 7) is 1.88. The number of ether oxygens (including phenoxy) is 2. The fraction of sp³-hybridized carbons (Fsp3) is 0.292. The van der Waals surface area contributed by atoms with Crippen molar-refractivity contribution >= 4 is 33.3 Å². The Kier molecular flexibility index (Phi) is 6.13. The molecule has 1 N–H and O–H groups in total. The van der Waals surface area contributed by atoms with Gasteiger partial charge in [-0.25, -0.2) is 0 Å². The predicted molar refractivity (Wildman–Crippen MR) is 124 cm³/mol. The third kappa shape index (κ3) is 4.81. The molecule has 1 saturated heterocycles. The summed E-state index contributed by atoms with van der Waals surface area (Å²) in [4.78, 5) is 12.4. The molecule has 5 rings (SSSR count). The molecule has 1 aliphatic rings.